The predicted octanol–water partition coefficient (Wildman–Crippen LogP) is 4.08. The largest absolute Gasteiger partial charge is 0.466 e. The summed E-state index contributed by atoms with van der Waals surface area (Å²) >= 11 is 3.32. The summed E-state index contributed by atoms with van der Waals surface area (Å²) in [5.74, 6) is -0.446. The second-order valence-corrected chi connectivity index (χ2v) is 6.07. The van der Waals surface area contributed by atoms with Gasteiger partial charge in [0.25, 0.3) is 5.91 Å². The Balaban J connectivity index is 2.10. The zero-order chi connectivity index (χ0) is 16.2. The van der Waals surface area contributed by atoms with Crippen molar-refractivity contribution in [2.24, 2.45) is 0 Å². The number of hydrogen-bond acceptors (Lipinski definition) is 3. The minimum Gasteiger partial charge on any atom is -0.466 e. The van der Waals surface area contributed by atoms with E-state index in [1.807, 2.05) is 6.07 Å². The Bertz CT molecular complexity index is 477. The third-order valence-corrected chi connectivity index (χ3v) is 3.71. The summed E-state index contributed by atoms with van der Waals surface area (Å²) in [6, 6.07) is 7.12. The maximum atomic E-state index is 11.9. The lowest BCUT2D eigenvalue weighted by molar-refractivity contribution is -0.143. The Morgan fingerprint density at radius 2 is 1.95 bits per heavy atom. The fraction of sp³-hybridized carbons (Fsp3) is 0.529. The van der Waals surface area contributed by atoms with E-state index in [2.05, 4.69) is 28.2 Å². The SMILES string of the molecule is CCCCCCCOC(=O)CCNC(=O)c1cccc(Br)c1. The molecule has 0 saturated carbocycles. The first kappa shape index (κ1) is 18.7. The highest BCUT2D eigenvalue weighted by Crippen LogP contribution is 2.11. The van der Waals surface area contributed by atoms with Gasteiger partial charge in [0.2, 0.25) is 0 Å². The number of halogens is 1. The van der Waals surface area contributed by atoms with Crippen LogP contribution in [-0.4, -0.2) is 25.0 Å². The van der Waals surface area contributed by atoms with Gasteiger partial charge in [-0.2, -0.15) is 0 Å². The Morgan fingerprint density at radius 1 is 1.18 bits per heavy atom. The van der Waals surface area contributed by atoms with Gasteiger partial charge in [-0.3, -0.25) is 9.59 Å². The van der Waals surface area contributed by atoms with Gasteiger partial charge in [0.05, 0.1) is 13.0 Å². The number of benzene rings is 1. The van der Waals surface area contributed by atoms with Crippen molar-refractivity contribution >= 4 is 27.8 Å². The van der Waals surface area contributed by atoms with E-state index < -0.39 is 0 Å². The van der Waals surface area contributed by atoms with Crippen LogP contribution in [0.5, 0.6) is 0 Å². The summed E-state index contributed by atoms with van der Waals surface area (Å²) in [7, 11) is 0. The van der Waals surface area contributed by atoms with Crippen LogP contribution in [0.2, 0.25) is 0 Å². The van der Waals surface area contributed by atoms with Crippen LogP contribution in [0.25, 0.3) is 0 Å². The normalized spacial score (nSPS) is 10.3. The quantitative estimate of drug-likeness (QED) is 0.499. The highest BCUT2D eigenvalue weighted by atomic mass is 79.9. The van der Waals surface area contributed by atoms with E-state index in [1.165, 1.54) is 19.3 Å². The van der Waals surface area contributed by atoms with E-state index in [0.717, 1.165) is 17.3 Å². The monoisotopic (exact) mass is 369 g/mol. The minimum absolute atomic E-state index is 0.186. The van der Waals surface area contributed by atoms with Crippen LogP contribution in [-0.2, 0) is 9.53 Å². The van der Waals surface area contributed by atoms with Crippen molar-refractivity contribution in [3.63, 3.8) is 0 Å². The first-order valence-electron chi connectivity index (χ1n) is 7.83. The number of ether oxygens (including phenoxy) is 1. The van der Waals surface area contributed by atoms with Gasteiger partial charge in [-0.1, -0.05) is 54.6 Å². The number of hydrogen-bond donors (Lipinski definition) is 1. The molecule has 1 rings (SSSR count). The van der Waals surface area contributed by atoms with Gasteiger partial charge in [0.15, 0.2) is 0 Å². The summed E-state index contributed by atoms with van der Waals surface area (Å²) < 4.78 is 5.98. The predicted molar refractivity (Wildman–Crippen MR) is 90.8 cm³/mol. The average Bonchev–Trinajstić information content (AvgIpc) is 2.50. The van der Waals surface area contributed by atoms with Gasteiger partial charge in [0, 0.05) is 16.6 Å². The summed E-state index contributed by atoms with van der Waals surface area (Å²) in [6.07, 6.45) is 5.84. The highest BCUT2D eigenvalue weighted by Gasteiger charge is 2.07. The highest BCUT2D eigenvalue weighted by molar-refractivity contribution is 9.10. The van der Waals surface area contributed by atoms with E-state index in [4.69, 9.17) is 4.74 Å². The van der Waals surface area contributed by atoms with E-state index in [9.17, 15) is 9.59 Å². The molecule has 0 saturated heterocycles. The zero-order valence-corrected chi connectivity index (χ0v) is 14.7. The maximum absolute atomic E-state index is 11.9. The number of amides is 1. The topological polar surface area (TPSA) is 55.4 Å². The minimum atomic E-state index is -0.259. The molecule has 5 heteroatoms. The number of carbonyl (C=O) groups excluding carboxylic acids is 2. The van der Waals surface area contributed by atoms with Crippen LogP contribution in [0.3, 0.4) is 0 Å². The molecule has 0 atom stereocenters. The molecule has 1 N–H and O–H groups in total. The number of nitrogens with one attached hydrogen (secondary N) is 1. The second kappa shape index (κ2) is 11.2. The van der Waals surface area contributed by atoms with Crippen molar-refractivity contribution in [2.75, 3.05) is 13.2 Å². The lowest BCUT2D eigenvalue weighted by atomic mass is 10.2. The molecule has 0 radical (unpaired) electrons. The van der Waals surface area contributed by atoms with Gasteiger partial charge in [-0.25, -0.2) is 0 Å². The van der Waals surface area contributed by atoms with Crippen molar-refractivity contribution in [3.05, 3.63) is 34.3 Å². The average molecular weight is 370 g/mol. The van der Waals surface area contributed by atoms with Crippen LogP contribution in [0, 0.1) is 0 Å². The molecule has 1 amide bonds. The number of rotatable bonds is 10. The van der Waals surface area contributed by atoms with E-state index in [-0.39, 0.29) is 18.3 Å². The molecule has 0 aliphatic heterocycles. The summed E-state index contributed by atoms with van der Waals surface area (Å²) in [5, 5.41) is 2.71. The van der Waals surface area contributed by atoms with E-state index >= 15 is 0 Å². The Morgan fingerprint density at radius 3 is 2.68 bits per heavy atom. The Hall–Kier alpha value is -1.36. The van der Waals surface area contributed by atoms with Crippen LogP contribution in [0.4, 0.5) is 0 Å². The maximum Gasteiger partial charge on any atom is 0.307 e. The molecular weight excluding hydrogens is 346 g/mol. The van der Waals surface area contributed by atoms with Crippen molar-refractivity contribution in [3.8, 4) is 0 Å². The molecule has 22 heavy (non-hydrogen) atoms. The van der Waals surface area contributed by atoms with Crippen LogP contribution in [0.1, 0.15) is 55.8 Å². The Labute approximate surface area is 140 Å². The number of carbonyl (C=O) groups is 2. The molecule has 0 aliphatic rings. The van der Waals surface area contributed by atoms with Crippen LogP contribution < -0.4 is 5.32 Å². The van der Waals surface area contributed by atoms with E-state index in [0.29, 0.717) is 18.7 Å². The molecule has 1 aromatic carbocycles. The van der Waals surface area contributed by atoms with Gasteiger partial charge >= 0.3 is 5.97 Å². The fourth-order valence-electron chi connectivity index (χ4n) is 1.97. The third-order valence-electron chi connectivity index (χ3n) is 3.21. The summed E-state index contributed by atoms with van der Waals surface area (Å²) in [6.45, 7) is 2.94. The van der Waals surface area contributed by atoms with Crippen molar-refractivity contribution in [1.29, 1.82) is 0 Å². The third kappa shape index (κ3) is 8.17. The Kier molecular flexibility index (Phi) is 9.55. The summed E-state index contributed by atoms with van der Waals surface area (Å²) in [5.41, 5.74) is 0.568. The lowest BCUT2D eigenvalue weighted by Gasteiger charge is -2.07. The second-order valence-electron chi connectivity index (χ2n) is 5.15. The zero-order valence-electron chi connectivity index (χ0n) is 13.1. The molecule has 0 bridgehead atoms. The lowest BCUT2D eigenvalue weighted by Crippen LogP contribution is -2.26. The van der Waals surface area contributed by atoms with Gasteiger partial charge in [-0.05, 0) is 24.6 Å². The molecule has 1 aromatic rings. The van der Waals surface area contributed by atoms with Crippen molar-refractivity contribution in [1.82, 2.24) is 5.32 Å². The van der Waals surface area contributed by atoms with Crippen LogP contribution >= 0.6 is 15.9 Å². The fourth-order valence-corrected chi connectivity index (χ4v) is 2.37. The van der Waals surface area contributed by atoms with Crippen molar-refractivity contribution in [2.45, 2.75) is 45.4 Å². The molecule has 0 fully saturated rings. The molecule has 0 aliphatic carbocycles. The molecule has 4 nitrogen and oxygen atoms in total. The van der Waals surface area contributed by atoms with Crippen LogP contribution in [0.15, 0.2) is 28.7 Å². The molecule has 0 spiro atoms. The van der Waals surface area contributed by atoms with E-state index in [1.54, 1.807) is 18.2 Å². The van der Waals surface area contributed by atoms with Gasteiger partial charge in [-0.15, -0.1) is 0 Å². The standard InChI is InChI=1S/C17H24BrNO3/c1-2-3-4-5-6-12-22-16(20)10-11-19-17(21)14-8-7-9-15(18)13-14/h7-9,13H,2-6,10-12H2,1H3,(H,19,21). The van der Waals surface area contributed by atoms with Gasteiger partial charge in [0.1, 0.15) is 0 Å². The smallest absolute Gasteiger partial charge is 0.307 e. The summed E-state index contributed by atoms with van der Waals surface area (Å²) in [4.78, 5) is 23.4. The molecule has 0 heterocycles. The number of unbranched alkanes of at least 4 members (excludes halogenated alkanes) is 4. The van der Waals surface area contributed by atoms with Crippen molar-refractivity contribution < 1.29 is 14.3 Å². The molecule has 0 unspecified atom stereocenters. The first-order chi connectivity index (χ1) is 10.6. The number of esters is 1. The molecular formula is C17H24BrNO3. The molecule has 122 valence electrons. The van der Waals surface area contributed by atoms with Gasteiger partial charge < -0.3 is 10.1 Å². The molecule has 0 aromatic heterocycles. The first-order valence-corrected chi connectivity index (χ1v) is 8.62.